The highest BCUT2D eigenvalue weighted by atomic mass is 32.1. The summed E-state index contributed by atoms with van der Waals surface area (Å²) in [6, 6.07) is 0. The molecule has 5 nitrogen and oxygen atoms in total. The Hall–Kier alpha value is -1.17. The zero-order chi connectivity index (χ0) is 9.84. The van der Waals surface area contributed by atoms with Crippen LogP contribution < -0.4 is 4.90 Å². The van der Waals surface area contributed by atoms with E-state index in [1.54, 1.807) is 0 Å². The molecule has 0 bridgehead atoms. The molecule has 1 N–H and O–H groups in total. The molecule has 0 radical (unpaired) electrons. The van der Waals surface area contributed by atoms with Crippen LogP contribution in [0.15, 0.2) is 0 Å². The quantitative estimate of drug-likeness (QED) is 0.789. The SMILES string of the molecule is CCN(CC)c1snnc1C(=O)O. The van der Waals surface area contributed by atoms with Gasteiger partial charge in [0.2, 0.25) is 5.69 Å². The Morgan fingerprint density at radius 1 is 1.54 bits per heavy atom. The molecule has 1 rings (SSSR count). The average Bonchev–Trinajstić information content (AvgIpc) is 2.55. The third-order valence-electron chi connectivity index (χ3n) is 1.72. The van der Waals surface area contributed by atoms with Crippen LogP contribution in [0, 0.1) is 0 Å². The van der Waals surface area contributed by atoms with Crippen LogP contribution in [0.3, 0.4) is 0 Å². The van der Waals surface area contributed by atoms with Crippen LogP contribution in [-0.4, -0.2) is 33.8 Å². The first-order chi connectivity index (χ1) is 6.20. The number of hydrogen-bond acceptors (Lipinski definition) is 5. The molecule has 0 aliphatic rings. The summed E-state index contributed by atoms with van der Waals surface area (Å²) >= 11 is 1.12. The van der Waals surface area contributed by atoms with Gasteiger partial charge in [0, 0.05) is 24.6 Å². The van der Waals surface area contributed by atoms with Crippen molar-refractivity contribution >= 4 is 22.5 Å². The van der Waals surface area contributed by atoms with Gasteiger partial charge >= 0.3 is 5.97 Å². The van der Waals surface area contributed by atoms with Crippen LogP contribution in [0.2, 0.25) is 0 Å². The normalized spacial score (nSPS) is 10.0. The third-order valence-corrected chi connectivity index (χ3v) is 2.51. The van der Waals surface area contributed by atoms with Gasteiger partial charge in [0.05, 0.1) is 0 Å². The molecule has 0 saturated carbocycles. The summed E-state index contributed by atoms with van der Waals surface area (Å²) in [5, 5.41) is 13.0. The van der Waals surface area contributed by atoms with Gasteiger partial charge in [-0.1, -0.05) is 4.49 Å². The highest BCUT2D eigenvalue weighted by Gasteiger charge is 2.18. The molecular formula is C7H11N3O2S. The smallest absolute Gasteiger partial charge is 0.359 e. The third kappa shape index (κ3) is 1.95. The summed E-state index contributed by atoms with van der Waals surface area (Å²) in [4.78, 5) is 12.6. The van der Waals surface area contributed by atoms with E-state index in [1.807, 2.05) is 18.7 Å². The maximum absolute atomic E-state index is 10.7. The average molecular weight is 201 g/mol. The minimum atomic E-state index is -1.02. The van der Waals surface area contributed by atoms with Gasteiger partial charge in [-0.15, -0.1) is 5.10 Å². The van der Waals surface area contributed by atoms with E-state index >= 15 is 0 Å². The fourth-order valence-electron chi connectivity index (χ4n) is 1.04. The van der Waals surface area contributed by atoms with E-state index in [0.29, 0.717) is 5.00 Å². The van der Waals surface area contributed by atoms with Gasteiger partial charge in [-0.3, -0.25) is 0 Å². The number of carboxylic acid groups (broad SMARTS) is 1. The van der Waals surface area contributed by atoms with Crippen LogP contribution in [0.1, 0.15) is 24.3 Å². The molecule has 72 valence electrons. The van der Waals surface area contributed by atoms with E-state index in [9.17, 15) is 4.79 Å². The van der Waals surface area contributed by atoms with Gasteiger partial charge in [0.1, 0.15) is 5.00 Å². The van der Waals surface area contributed by atoms with Crippen LogP contribution >= 0.6 is 11.5 Å². The number of nitrogens with zero attached hydrogens (tertiary/aromatic N) is 3. The molecule has 1 aromatic rings. The Morgan fingerprint density at radius 2 is 2.15 bits per heavy atom. The number of aromatic carboxylic acids is 1. The standard InChI is InChI=1S/C7H11N3O2S/c1-3-10(4-2)6-5(7(11)12)8-9-13-6/h3-4H2,1-2H3,(H,11,12). The first kappa shape index (κ1) is 9.91. The van der Waals surface area contributed by atoms with Crippen LogP contribution in [0.5, 0.6) is 0 Å². The maximum atomic E-state index is 10.7. The molecule has 0 amide bonds. The molecule has 0 fully saturated rings. The van der Waals surface area contributed by atoms with Crippen molar-refractivity contribution in [1.82, 2.24) is 9.59 Å². The molecule has 1 aromatic heterocycles. The zero-order valence-electron chi connectivity index (χ0n) is 7.52. The number of rotatable bonds is 4. The number of carbonyl (C=O) groups is 1. The number of anilines is 1. The minimum Gasteiger partial charge on any atom is -0.476 e. The summed E-state index contributed by atoms with van der Waals surface area (Å²) in [6.45, 7) is 5.46. The molecule has 0 aliphatic carbocycles. The van der Waals surface area contributed by atoms with Gasteiger partial charge in [-0.25, -0.2) is 4.79 Å². The second-order valence-corrected chi connectivity index (χ2v) is 3.14. The molecule has 6 heteroatoms. The molecule has 0 aromatic carbocycles. The summed E-state index contributed by atoms with van der Waals surface area (Å²) < 4.78 is 3.63. The topological polar surface area (TPSA) is 66.3 Å². The van der Waals surface area contributed by atoms with Crippen molar-refractivity contribution in [2.45, 2.75) is 13.8 Å². The van der Waals surface area contributed by atoms with Crippen molar-refractivity contribution in [1.29, 1.82) is 0 Å². The van der Waals surface area contributed by atoms with Gasteiger partial charge < -0.3 is 10.0 Å². The van der Waals surface area contributed by atoms with Gasteiger partial charge in [0.15, 0.2) is 0 Å². The first-order valence-electron chi connectivity index (χ1n) is 4.01. The monoisotopic (exact) mass is 201 g/mol. The van der Waals surface area contributed by atoms with Crippen LogP contribution in [-0.2, 0) is 0 Å². The highest BCUT2D eigenvalue weighted by molar-refractivity contribution is 7.10. The summed E-state index contributed by atoms with van der Waals surface area (Å²) in [5.74, 6) is -1.02. The Morgan fingerprint density at radius 3 is 2.62 bits per heavy atom. The Bertz CT molecular complexity index is 296. The van der Waals surface area contributed by atoms with E-state index in [-0.39, 0.29) is 5.69 Å². The van der Waals surface area contributed by atoms with E-state index in [0.717, 1.165) is 24.6 Å². The summed E-state index contributed by atoms with van der Waals surface area (Å²) in [5.41, 5.74) is 0.0497. The number of carboxylic acids is 1. The zero-order valence-corrected chi connectivity index (χ0v) is 8.34. The Labute approximate surface area is 80.2 Å². The van der Waals surface area contributed by atoms with Gasteiger partial charge in [-0.2, -0.15) is 0 Å². The number of hydrogen-bond donors (Lipinski definition) is 1. The molecule has 1 heterocycles. The van der Waals surface area contributed by atoms with Crippen molar-refractivity contribution in [2.24, 2.45) is 0 Å². The Kier molecular flexibility index (Phi) is 3.18. The maximum Gasteiger partial charge on any atom is 0.359 e. The Balaban J connectivity index is 2.98. The lowest BCUT2D eigenvalue weighted by Crippen LogP contribution is -2.22. The van der Waals surface area contributed by atoms with Gasteiger partial charge in [0.25, 0.3) is 0 Å². The fraction of sp³-hybridized carbons (Fsp3) is 0.571. The molecule has 0 atom stereocenters. The summed E-state index contributed by atoms with van der Waals surface area (Å²) in [6.07, 6.45) is 0. The second-order valence-electron chi connectivity index (χ2n) is 2.40. The van der Waals surface area contributed by atoms with Crippen LogP contribution in [0.4, 0.5) is 5.00 Å². The molecule has 0 saturated heterocycles. The van der Waals surface area contributed by atoms with Crippen molar-refractivity contribution in [2.75, 3.05) is 18.0 Å². The van der Waals surface area contributed by atoms with E-state index in [1.165, 1.54) is 0 Å². The molecule has 0 aliphatic heterocycles. The van der Waals surface area contributed by atoms with Crippen molar-refractivity contribution < 1.29 is 9.90 Å². The van der Waals surface area contributed by atoms with Gasteiger partial charge in [-0.05, 0) is 13.8 Å². The predicted octanol–water partition coefficient (Wildman–Crippen LogP) is 1.08. The summed E-state index contributed by atoms with van der Waals surface area (Å²) in [7, 11) is 0. The first-order valence-corrected chi connectivity index (χ1v) is 4.78. The molecule has 13 heavy (non-hydrogen) atoms. The van der Waals surface area contributed by atoms with E-state index in [2.05, 4.69) is 9.59 Å². The van der Waals surface area contributed by atoms with Crippen LogP contribution in [0.25, 0.3) is 0 Å². The molecule has 0 unspecified atom stereocenters. The lowest BCUT2D eigenvalue weighted by Gasteiger charge is -2.17. The second kappa shape index (κ2) is 4.18. The molecular weight excluding hydrogens is 190 g/mol. The van der Waals surface area contributed by atoms with Crippen molar-refractivity contribution in [3.8, 4) is 0 Å². The minimum absolute atomic E-state index is 0.0497. The predicted molar refractivity (Wildman–Crippen MR) is 50.4 cm³/mol. The van der Waals surface area contributed by atoms with Crippen molar-refractivity contribution in [3.63, 3.8) is 0 Å². The lowest BCUT2D eigenvalue weighted by atomic mass is 10.4. The fourth-order valence-corrected chi connectivity index (χ4v) is 1.83. The van der Waals surface area contributed by atoms with Crippen molar-refractivity contribution in [3.05, 3.63) is 5.69 Å². The van der Waals surface area contributed by atoms with E-state index in [4.69, 9.17) is 5.11 Å². The molecule has 0 spiro atoms. The largest absolute Gasteiger partial charge is 0.476 e. The van der Waals surface area contributed by atoms with E-state index < -0.39 is 5.97 Å². The number of aromatic nitrogens is 2. The highest BCUT2D eigenvalue weighted by Crippen LogP contribution is 2.22. The lowest BCUT2D eigenvalue weighted by molar-refractivity contribution is 0.0691.